The molecule has 11 heavy (non-hydrogen) atoms. The van der Waals surface area contributed by atoms with Gasteiger partial charge in [0.2, 0.25) is 0 Å². The van der Waals surface area contributed by atoms with Crippen molar-refractivity contribution in [2.45, 2.75) is 0 Å². The summed E-state index contributed by atoms with van der Waals surface area (Å²) in [5.74, 6) is 4.65. The fourth-order valence-electron chi connectivity index (χ4n) is 0.571. The van der Waals surface area contributed by atoms with Crippen LogP contribution >= 0.6 is 24.0 Å². The average molecular weight is 198 g/mol. The highest BCUT2D eigenvalue weighted by Crippen LogP contribution is 2.23. The first-order valence-corrected chi connectivity index (χ1v) is 2.93. The summed E-state index contributed by atoms with van der Waals surface area (Å²) in [7, 11) is 0. The molecule has 0 fully saturated rings. The van der Waals surface area contributed by atoms with E-state index in [1.54, 1.807) is 0 Å². The first-order chi connectivity index (χ1) is 4.74. The molecular formula is C6H6Cl2FNO. The molecule has 0 aromatic heterocycles. The Morgan fingerprint density at radius 1 is 1.45 bits per heavy atom. The third kappa shape index (κ3) is 2.54. The van der Waals surface area contributed by atoms with Crippen LogP contribution in [-0.2, 0) is 0 Å². The van der Waals surface area contributed by atoms with Crippen LogP contribution in [0.3, 0.4) is 0 Å². The molecule has 0 bridgehead atoms. The van der Waals surface area contributed by atoms with Crippen LogP contribution in [0.25, 0.3) is 0 Å². The van der Waals surface area contributed by atoms with Crippen LogP contribution in [0.4, 0.5) is 4.39 Å². The van der Waals surface area contributed by atoms with E-state index < -0.39 is 5.82 Å². The molecule has 0 aliphatic rings. The van der Waals surface area contributed by atoms with Crippen LogP contribution in [0.1, 0.15) is 0 Å². The number of nitrogens with two attached hydrogens (primary N) is 1. The Morgan fingerprint density at radius 3 is 2.55 bits per heavy atom. The molecule has 0 saturated heterocycles. The second-order valence-corrected chi connectivity index (χ2v) is 2.10. The van der Waals surface area contributed by atoms with Crippen molar-refractivity contribution < 1.29 is 9.23 Å². The van der Waals surface area contributed by atoms with Gasteiger partial charge in [-0.1, -0.05) is 11.6 Å². The van der Waals surface area contributed by atoms with E-state index in [2.05, 4.69) is 4.84 Å². The quantitative estimate of drug-likeness (QED) is 0.701. The summed E-state index contributed by atoms with van der Waals surface area (Å²) in [5, 5.41) is 0.169. The molecule has 0 heterocycles. The molecule has 1 aromatic rings. The Balaban J connectivity index is 0.000001000. The standard InChI is InChI=1S/C6H5ClFNO.ClH/c7-5-3-4(8)1-2-6(5)10-9;/h1-3H,9H2;1H. The third-order valence-corrected chi connectivity index (χ3v) is 1.32. The van der Waals surface area contributed by atoms with Crippen molar-refractivity contribution in [3.05, 3.63) is 29.0 Å². The first kappa shape index (κ1) is 10.5. The first-order valence-electron chi connectivity index (χ1n) is 2.56. The lowest BCUT2D eigenvalue weighted by Crippen LogP contribution is -2.02. The van der Waals surface area contributed by atoms with E-state index in [-0.39, 0.29) is 23.2 Å². The van der Waals surface area contributed by atoms with Crippen molar-refractivity contribution in [3.63, 3.8) is 0 Å². The minimum absolute atomic E-state index is 0. The van der Waals surface area contributed by atoms with Gasteiger partial charge in [-0.05, 0) is 18.2 Å². The second kappa shape index (κ2) is 4.38. The Labute approximate surface area is 74.5 Å². The van der Waals surface area contributed by atoms with E-state index >= 15 is 0 Å². The summed E-state index contributed by atoms with van der Waals surface area (Å²) in [6.07, 6.45) is 0. The van der Waals surface area contributed by atoms with Crippen LogP contribution in [0.15, 0.2) is 18.2 Å². The van der Waals surface area contributed by atoms with Crippen molar-refractivity contribution in [1.29, 1.82) is 0 Å². The third-order valence-electron chi connectivity index (χ3n) is 1.02. The van der Waals surface area contributed by atoms with Gasteiger partial charge < -0.3 is 4.84 Å². The largest absolute Gasteiger partial charge is 0.410 e. The molecule has 1 aromatic carbocycles. The van der Waals surface area contributed by atoms with Gasteiger partial charge in [-0.2, -0.15) is 5.90 Å². The van der Waals surface area contributed by atoms with Gasteiger partial charge in [0.25, 0.3) is 0 Å². The van der Waals surface area contributed by atoms with E-state index in [1.165, 1.54) is 12.1 Å². The Morgan fingerprint density at radius 2 is 2.09 bits per heavy atom. The van der Waals surface area contributed by atoms with Gasteiger partial charge in [0.15, 0.2) is 5.75 Å². The topological polar surface area (TPSA) is 35.2 Å². The summed E-state index contributed by atoms with van der Waals surface area (Å²) in [4.78, 5) is 4.30. The van der Waals surface area contributed by atoms with Gasteiger partial charge in [-0.3, -0.25) is 0 Å². The van der Waals surface area contributed by atoms with E-state index in [9.17, 15) is 4.39 Å². The Hall–Kier alpha value is -0.510. The van der Waals surface area contributed by atoms with Crippen LogP contribution < -0.4 is 10.7 Å². The molecule has 0 radical (unpaired) electrons. The van der Waals surface area contributed by atoms with Crippen LogP contribution in [0, 0.1) is 5.82 Å². The average Bonchev–Trinajstić information content (AvgIpc) is 1.88. The molecule has 5 heteroatoms. The van der Waals surface area contributed by atoms with Gasteiger partial charge in [0.1, 0.15) is 5.82 Å². The summed E-state index contributed by atoms with van der Waals surface area (Å²) in [5.41, 5.74) is 0. The zero-order chi connectivity index (χ0) is 7.56. The highest BCUT2D eigenvalue weighted by Gasteiger charge is 2.00. The molecule has 0 atom stereocenters. The minimum atomic E-state index is -0.411. The number of halogens is 3. The lowest BCUT2D eigenvalue weighted by atomic mass is 10.3. The molecule has 1 rings (SSSR count). The van der Waals surface area contributed by atoms with Crippen LogP contribution in [0.5, 0.6) is 5.75 Å². The molecule has 2 N–H and O–H groups in total. The molecule has 2 nitrogen and oxygen atoms in total. The zero-order valence-electron chi connectivity index (χ0n) is 5.38. The zero-order valence-corrected chi connectivity index (χ0v) is 6.95. The van der Waals surface area contributed by atoms with Crippen molar-refractivity contribution in [3.8, 4) is 5.75 Å². The summed E-state index contributed by atoms with van der Waals surface area (Å²) >= 11 is 5.48. The van der Waals surface area contributed by atoms with Crippen molar-refractivity contribution in [2.24, 2.45) is 5.90 Å². The lowest BCUT2D eigenvalue weighted by Gasteiger charge is -1.99. The van der Waals surface area contributed by atoms with Crippen molar-refractivity contribution in [1.82, 2.24) is 0 Å². The number of hydrogen-bond acceptors (Lipinski definition) is 2. The Bertz CT molecular complexity index is 244. The smallest absolute Gasteiger partial charge is 0.165 e. The predicted molar refractivity (Wildman–Crippen MR) is 43.5 cm³/mol. The maximum absolute atomic E-state index is 12.3. The number of benzene rings is 1. The van der Waals surface area contributed by atoms with Crippen molar-refractivity contribution in [2.75, 3.05) is 0 Å². The molecule has 0 aliphatic heterocycles. The van der Waals surface area contributed by atoms with Crippen LogP contribution in [0.2, 0.25) is 5.02 Å². The molecule has 62 valence electrons. The van der Waals surface area contributed by atoms with E-state index in [4.69, 9.17) is 17.5 Å². The van der Waals surface area contributed by atoms with Gasteiger partial charge in [0.05, 0.1) is 5.02 Å². The molecule has 0 amide bonds. The summed E-state index contributed by atoms with van der Waals surface area (Å²) in [6, 6.07) is 3.70. The fraction of sp³-hybridized carbons (Fsp3) is 0. The van der Waals surface area contributed by atoms with E-state index in [1.807, 2.05) is 0 Å². The minimum Gasteiger partial charge on any atom is -0.410 e. The van der Waals surface area contributed by atoms with Gasteiger partial charge in [-0.25, -0.2) is 4.39 Å². The van der Waals surface area contributed by atoms with Crippen molar-refractivity contribution >= 4 is 24.0 Å². The highest BCUT2D eigenvalue weighted by atomic mass is 35.5. The Kier molecular flexibility index (Phi) is 4.18. The van der Waals surface area contributed by atoms with Gasteiger partial charge in [-0.15, -0.1) is 12.4 Å². The lowest BCUT2D eigenvalue weighted by molar-refractivity contribution is 0.334. The van der Waals surface area contributed by atoms with Gasteiger partial charge >= 0.3 is 0 Å². The van der Waals surface area contributed by atoms with E-state index in [0.29, 0.717) is 0 Å². The fourth-order valence-corrected chi connectivity index (χ4v) is 0.783. The SMILES string of the molecule is Cl.NOc1ccc(F)cc1Cl. The molecule has 0 saturated carbocycles. The highest BCUT2D eigenvalue weighted by molar-refractivity contribution is 6.32. The molecule has 0 unspecified atom stereocenters. The second-order valence-electron chi connectivity index (χ2n) is 1.69. The molecule has 0 aliphatic carbocycles. The summed E-state index contributed by atoms with van der Waals surface area (Å²) in [6.45, 7) is 0. The maximum atomic E-state index is 12.3. The van der Waals surface area contributed by atoms with Crippen LogP contribution in [-0.4, -0.2) is 0 Å². The molecular weight excluding hydrogens is 192 g/mol. The molecule has 0 spiro atoms. The maximum Gasteiger partial charge on any atom is 0.165 e. The predicted octanol–water partition coefficient (Wildman–Crippen LogP) is 2.15. The van der Waals surface area contributed by atoms with Gasteiger partial charge in [0, 0.05) is 0 Å². The normalized spacial score (nSPS) is 8.64. The summed E-state index contributed by atoms with van der Waals surface area (Å²) < 4.78 is 12.3. The van der Waals surface area contributed by atoms with E-state index in [0.717, 1.165) is 6.07 Å². The monoisotopic (exact) mass is 197 g/mol. The number of rotatable bonds is 1. The number of hydrogen-bond donors (Lipinski definition) is 1.